The highest BCUT2D eigenvalue weighted by molar-refractivity contribution is 5.74. The topological polar surface area (TPSA) is 75.9 Å². The van der Waals surface area contributed by atoms with Gasteiger partial charge in [0.2, 0.25) is 0 Å². The number of carbonyl (C=O) groups is 1. The minimum absolute atomic E-state index is 0.0336. The second-order valence-corrected chi connectivity index (χ2v) is 5.95. The van der Waals surface area contributed by atoms with Crippen LogP contribution in [-0.2, 0) is 7.05 Å². The van der Waals surface area contributed by atoms with Gasteiger partial charge in [-0.05, 0) is 43.4 Å². The number of aromatic nitrogens is 4. The van der Waals surface area contributed by atoms with Gasteiger partial charge in [0.15, 0.2) is 0 Å². The van der Waals surface area contributed by atoms with Gasteiger partial charge in [-0.1, -0.05) is 0 Å². The molecule has 0 unspecified atom stereocenters. The average molecular weight is 314 g/mol. The number of nitrogens with one attached hydrogen (secondary N) is 1. The fourth-order valence-electron chi connectivity index (χ4n) is 3.09. The molecule has 0 spiro atoms. The maximum Gasteiger partial charge on any atom is 0.317 e. The molecule has 1 aliphatic heterocycles. The summed E-state index contributed by atoms with van der Waals surface area (Å²) in [5, 5.41) is 7.04. The van der Waals surface area contributed by atoms with Crippen molar-refractivity contribution in [3.63, 3.8) is 0 Å². The number of aryl methyl sites for hydroxylation is 1. The van der Waals surface area contributed by atoms with E-state index in [0.717, 1.165) is 31.8 Å². The van der Waals surface area contributed by atoms with Crippen molar-refractivity contribution in [2.75, 3.05) is 13.1 Å². The molecule has 0 saturated carbocycles. The molecule has 23 heavy (non-hydrogen) atoms. The number of nitrogens with zero attached hydrogens (tertiary/aromatic N) is 5. The van der Waals surface area contributed by atoms with Crippen LogP contribution < -0.4 is 5.32 Å². The summed E-state index contributed by atoms with van der Waals surface area (Å²) in [5.41, 5.74) is 1.31. The first-order chi connectivity index (χ1) is 11.1. The highest BCUT2D eigenvalue weighted by atomic mass is 16.2. The van der Waals surface area contributed by atoms with Gasteiger partial charge in [-0.3, -0.25) is 9.67 Å². The van der Waals surface area contributed by atoms with Crippen LogP contribution in [0.15, 0.2) is 30.9 Å². The lowest BCUT2D eigenvalue weighted by Gasteiger charge is -2.32. The van der Waals surface area contributed by atoms with Gasteiger partial charge in [0.05, 0.1) is 6.04 Å². The van der Waals surface area contributed by atoms with Crippen molar-refractivity contribution < 1.29 is 4.79 Å². The Kier molecular flexibility index (Phi) is 4.55. The molecule has 1 saturated heterocycles. The van der Waals surface area contributed by atoms with Gasteiger partial charge in [0.1, 0.15) is 12.2 Å². The Morgan fingerprint density at radius 1 is 1.30 bits per heavy atom. The summed E-state index contributed by atoms with van der Waals surface area (Å²) in [6.45, 7) is 3.46. The predicted molar refractivity (Wildman–Crippen MR) is 85.7 cm³/mol. The van der Waals surface area contributed by atoms with Crippen LogP contribution in [0.5, 0.6) is 0 Å². The lowest BCUT2D eigenvalue weighted by atomic mass is 9.90. The van der Waals surface area contributed by atoms with Crippen molar-refractivity contribution in [3.8, 4) is 0 Å². The van der Waals surface area contributed by atoms with Gasteiger partial charge in [-0.15, -0.1) is 0 Å². The third kappa shape index (κ3) is 3.49. The van der Waals surface area contributed by atoms with E-state index in [4.69, 9.17) is 0 Å². The second-order valence-electron chi connectivity index (χ2n) is 5.95. The molecule has 0 radical (unpaired) electrons. The summed E-state index contributed by atoms with van der Waals surface area (Å²) < 4.78 is 1.68. The monoisotopic (exact) mass is 314 g/mol. The molecule has 7 nitrogen and oxygen atoms in total. The van der Waals surface area contributed by atoms with Crippen LogP contribution in [-0.4, -0.2) is 43.8 Å². The Bertz CT molecular complexity index is 648. The summed E-state index contributed by atoms with van der Waals surface area (Å²) in [6, 6.07) is 3.94. The fourth-order valence-corrected chi connectivity index (χ4v) is 3.09. The van der Waals surface area contributed by atoms with Crippen LogP contribution in [0.4, 0.5) is 4.79 Å². The summed E-state index contributed by atoms with van der Waals surface area (Å²) in [7, 11) is 1.82. The molecular weight excluding hydrogens is 292 g/mol. The Hall–Kier alpha value is -2.44. The number of pyridine rings is 1. The van der Waals surface area contributed by atoms with Gasteiger partial charge in [0, 0.05) is 32.5 Å². The van der Waals surface area contributed by atoms with E-state index in [1.807, 2.05) is 31.3 Å². The fraction of sp³-hybridized carbons (Fsp3) is 0.500. The van der Waals surface area contributed by atoms with E-state index in [-0.39, 0.29) is 12.1 Å². The number of piperidine rings is 1. The zero-order valence-electron chi connectivity index (χ0n) is 13.5. The van der Waals surface area contributed by atoms with E-state index in [2.05, 4.69) is 32.5 Å². The molecule has 3 rings (SSSR count). The van der Waals surface area contributed by atoms with Crippen LogP contribution >= 0.6 is 0 Å². The zero-order valence-corrected chi connectivity index (χ0v) is 13.5. The number of hydrogen-bond donors (Lipinski definition) is 1. The SMILES string of the molecule is C[C@@H](NC(=O)N1CCC(c2ccncc2)CC1)c1ncnn1C. The first kappa shape index (κ1) is 15.5. The normalized spacial score (nSPS) is 17.0. The predicted octanol–water partition coefficient (Wildman–Crippen LogP) is 1.86. The van der Waals surface area contributed by atoms with Crippen molar-refractivity contribution in [2.24, 2.45) is 7.05 Å². The molecule has 1 atom stereocenters. The van der Waals surface area contributed by atoms with Crippen LogP contribution in [0, 0.1) is 0 Å². The van der Waals surface area contributed by atoms with Gasteiger partial charge in [0.25, 0.3) is 0 Å². The average Bonchev–Trinajstić information content (AvgIpc) is 3.02. The van der Waals surface area contributed by atoms with Crippen molar-refractivity contribution in [3.05, 3.63) is 42.2 Å². The van der Waals surface area contributed by atoms with Gasteiger partial charge in [-0.25, -0.2) is 9.78 Å². The molecule has 1 fully saturated rings. The number of hydrogen-bond acceptors (Lipinski definition) is 4. The van der Waals surface area contributed by atoms with Gasteiger partial charge >= 0.3 is 6.03 Å². The highest BCUT2D eigenvalue weighted by Gasteiger charge is 2.25. The lowest BCUT2D eigenvalue weighted by Crippen LogP contribution is -2.45. The zero-order chi connectivity index (χ0) is 16.2. The Morgan fingerprint density at radius 3 is 2.61 bits per heavy atom. The number of carbonyl (C=O) groups excluding carboxylic acids is 1. The van der Waals surface area contributed by atoms with E-state index in [9.17, 15) is 4.79 Å². The molecule has 0 aliphatic carbocycles. The van der Waals surface area contributed by atoms with Crippen molar-refractivity contribution >= 4 is 6.03 Å². The van der Waals surface area contributed by atoms with E-state index in [1.165, 1.54) is 11.9 Å². The number of urea groups is 1. The molecule has 3 heterocycles. The maximum atomic E-state index is 12.4. The van der Waals surface area contributed by atoms with E-state index >= 15 is 0 Å². The first-order valence-corrected chi connectivity index (χ1v) is 7.94. The largest absolute Gasteiger partial charge is 0.328 e. The minimum atomic E-state index is -0.159. The summed E-state index contributed by atoms with van der Waals surface area (Å²) in [4.78, 5) is 22.5. The number of amides is 2. The number of likely N-dealkylation sites (tertiary alicyclic amines) is 1. The van der Waals surface area contributed by atoms with E-state index < -0.39 is 0 Å². The van der Waals surface area contributed by atoms with Crippen LogP contribution in [0.2, 0.25) is 0 Å². The maximum absolute atomic E-state index is 12.4. The summed E-state index contributed by atoms with van der Waals surface area (Å²) in [6.07, 6.45) is 7.12. The van der Waals surface area contributed by atoms with Crippen molar-refractivity contribution in [2.45, 2.75) is 31.7 Å². The standard InChI is InChI=1S/C16H22N6O/c1-12(15-18-11-19-21(15)2)20-16(23)22-9-5-14(6-10-22)13-3-7-17-8-4-13/h3-4,7-8,11-12,14H,5-6,9-10H2,1-2H3,(H,20,23)/t12-/m1/s1. The molecule has 122 valence electrons. The third-order valence-electron chi connectivity index (χ3n) is 4.43. The Labute approximate surface area is 135 Å². The molecule has 2 aromatic heterocycles. The summed E-state index contributed by atoms with van der Waals surface area (Å²) in [5.74, 6) is 1.27. The molecule has 7 heteroatoms. The van der Waals surface area contributed by atoms with E-state index in [0.29, 0.717) is 5.92 Å². The summed E-state index contributed by atoms with van der Waals surface area (Å²) >= 11 is 0. The third-order valence-corrected chi connectivity index (χ3v) is 4.43. The van der Waals surface area contributed by atoms with Gasteiger partial charge in [-0.2, -0.15) is 5.10 Å². The highest BCUT2D eigenvalue weighted by Crippen LogP contribution is 2.27. The Morgan fingerprint density at radius 2 is 2.00 bits per heavy atom. The molecule has 2 amide bonds. The lowest BCUT2D eigenvalue weighted by molar-refractivity contribution is 0.177. The smallest absolute Gasteiger partial charge is 0.317 e. The van der Waals surface area contributed by atoms with Crippen LogP contribution in [0.1, 0.15) is 43.1 Å². The molecule has 1 aliphatic rings. The molecule has 1 N–H and O–H groups in total. The minimum Gasteiger partial charge on any atom is -0.328 e. The van der Waals surface area contributed by atoms with E-state index in [1.54, 1.807) is 4.68 Å². The number of rotatable bonds is 3. The van der Waals surface area contributed by atoms with Gasteiger partial charge < -0.3 is 10.2 Å². The second kappa shape index (κ2) is 6.76. The van der Waals surface area contributed by atoms with Crippen molar-refractivity contribution in [1.29, 1.82) is 0 Å². The quantitative estimate of drug-likeness (QED) is 0.938. The van der Waals surface area contributed by atoms with Crippen LogP contribution in [0.25, 0.3) is 0 Å². The first-order valence-electron chi connectivity index (χ1n) is 7.94. The Balaban J connectivity index is 1.53. The van der Waals surface area contributed by atoms with Crippen LogP contribution in [0.3, 0.4) is 0 Å². The van der Waals surface area contributed by atoms with Crippen molar-refractivity contribution in [1.82, 2.24) is 30.0 Å². The molecule has 0 aromatic carbocycles. The molecular formula is C16H22N6O. The molecule has 0 bridgehead atoms. The molecule has 2 aromatic rings.